The van der Waals surface area contributed by atoms with Gasteiger partial charge in [-0.2, -0.15) is 0 Å². The van der Waals surface area contributed by atoms with Crippen LogP contribution in [0.5, 0.6) is 0 Å². The molecule has 0 saturated heterocycles. The van der Waals surface area contributed by atoms with Crippen molar-refractivity contribution < 1.29 is 4.79 Å². The van der Waals surface area contributed by atoms with E-state index in [1.807, 2.05) is 18.2 Å². The first kappa shape index (κ1) is 12.8. The molecule has 3 nitrogen and oxygen atoms in total. The lowest BCUT2D eigenvalue weighted by molar-refractivity contribution is 0.0924. The number of nitrogens with one attached hydrogen (secondary N) is 1. The van der Waals surface area contributed by atoms with E-state index in [0.29, 0.717) is 29.2 Å². The number of benzene rings is 1. The molecule has 108 valence electrons. The Labute approximate surface area is 123 Å². The molecule has 0 spiro atoms. The Kier molecular flexibility index (Phi) is 2.95. The summed E-state index contributed by atoms with van der Waals surface area (Å²) < 4.78 is 0. The van der Waals surface area contributed by atoms with Crippen molar-refractivity contribution in [1.29, 1.82) is 0 Å². The lowest BCUT2D eigenvalue weighted by atomic mass is 9.77. The van der Waals surface area contributed by atoms with Crippen LogP contribution in [0.2, 0.25) is 0 Å². The van der Waals surface area contributed by atoms with Crippen LogP contribution < -0.4 is 5.43 Å². The molecule has 1 fully saturated rings. The zero-order chi connectivity index (χ0) is 14.4. The summed E-state index contributed by atoms with van der Waals surface area (Å²) in [6.45, 7) is 0. The molecule has 0 bridgehead atoms. The second-order valence-electron chi connectivity index (χ2n) is 6.49. The number of pyridine rings is 1. The van der Waals surface area contributed by atoms with E-state index >= 15 is 0 Å². The zero-order valence-electron chi connectivity index (χ0n) is 12.0. The van der Waals surface area contributed by atoms with Gasteiger partial charge in [0.05, 0.1) is 5.56 Å². The number of carbonyl (C=O) groups is 1. The van der Waals surface area contributed by atoms with Gasteiger partial charge in [0.25, 0.3) is 0 Å². The first-order valence-electron chi connectivity index (χ1n) is 7.91. The molecule has 0 radical (unpaired) electrons. The largest absolute Gasteiger partial charge is 0.358 e. The van der Waals surface area contributed by atoms with Crippen molar-refractivity contribution >= 4 is 16.7 Å². The van der Waals surface area contributed by atoms with E-state index < -0.39 is 0 Å². The molecule has 4 rings (SSSR count). The molecule has 1 aromatic heterocycles. The third-order valence-electron chi connectivity index (χ3n) is 5.25. The minimum Gasteiger partial charge on any atom is -0.358 e. The van der Waals surface area contributed by atoms with E-state index in [9.17, 15) is 9.59 Å². The number of H-pyrrole nitrogens is 1. The monoisotopic (exact) mass is 281 g/mol. The smallest absolute Gasteiger partial charge is 0.200 e. The van der Waals surface area contributed by atoms with Crippen molar-refractivity contribution in [2.45, 2.75) is 38.5 Å². The molecule has 1 N–H and O–H groups in total. The molecule has 2 aliphatic rings. The van der Waals surface area contributed by atoms with E-state index in [-0.39, 0.29) is 11.2 Å². The Morgan fingerprint density at radius 3 is 2.52 bits per heavy atom. The molecule has 0 amide bonds. The molecule has 0 aliphatic heterocycles. The van der Waals surface area contributed by atoms with Crippen LogP contribution in [0.3, 0.4) is 0 Å². The maximum absolute atomic E-state index is 12.6. The highest BCUT2D eigenvalue weighted by Gasteiger charge is 2.34. The number of fused-ring (bicyclic) bond motifs is 2. The second kappa shape index (κ2) is 4.83. The number of aromatic amines is 1. The van der Waals surface area contributed by atoms with Crippen LogP contribution in [0, 0.1) is 11.8 Å². The van der Waals surface area contributed by atoms with Crippen LogP contribution in [0.15, 0.2) is 29.1 Å². The summed E-state index contributed by atoms with van der Waals surface area (Å²) >= 11 is 0. The fraction of sp³-hybridized carbons (Fsp3) is 0.444. The molecule has 3 heteroatoms. The maximum atomic E-state index is 12.6. The van der Waals surface area contributed by atoms with E-state index in [4.69, 9.17) is 0 Å². The normalized spacial score (nSPS) is 22.7. The first-order chi connectivity index (χ1) is 10.2. The molecule has 1 aromatic carbocycles. The van der Waals surface area contributed by atoms with Gasteiger partial charge in [0, 0.05) is 23.0 Å². The average Bonchev–Trinajstić information content (AvgIpc) is 3.01. The Balaban J connectivity index is 1.83. The maximum Gasteiger partial charge on any atom is 0.200 e. The van der Waals surface area contributed by atoms with Crippen molar-refractivity contribution in [3.8, 4) is 0 Å². The van der Waals surface area contributed by atoms with Crippen molar-refractivity contribution in [3.63, 3.8) is 0 Å². The van der Waals surface area contributed by atoms with Crippen LogP contribution in [0.1, 0.15) is 48.2 Å². The molecule has 1 saturated carbocycles. The molecular formula is C18H19NO2. The topological polar surface area (TPSA) is 49.9 Å². The van der Waals surface area contributed by atoms with Crippen LogP contribution in [0.25, 0.3) is 10.9 Å². The minimum absolute atomic E-state index is 0.0418. The number of hydrogen-bond donors (Lipinski definition) is 1. The molecule has 1 atom stereocenters. The van der Waals surface area contributed by atoms with Gasteiger partial charge in [0.1, 0.15) is 0 Å². The van der Waals surface area contributed by atoms with Crippen LogP contribution in [0.4, 0.5) is 0 Å². The van der Waals surface area contributed by atoms with Gasteiger partial charge < -0.3 is 4.98 Å². The first-order valence-corrected chi connectivity index (χ1v) is 7.91. The lowest BCUT2D eigenvalue weighted by Crippen LogP contribution is -2.31. The van der Waals surface area contributed by atoms with Gasteiger partial charge in [-0.1, -0.05) is 37.8 Å². The fourth-order valence-corrected chi connectivity index (χ4v) is 4.17. The van der Waals surface area contributed by atoms with Gasteiger partial charge in [0.2, 0.25) is 0 Å². The van der Waals surface area contributed by atoms with Gasteiger partial charge in [-0.25, -0.2) is 0 Å². The number of rotatable bonds is 1. The summed E-state index contributed by atoms with van der Waals surface area (Å²) in [6.07, 6.45) is 6.47. The van der Waals surface area contributed by atoms with Crippen LogP contribution >= 0.6 is 0 Å². The van der Waals surface area contributed by atoms with Crippen molar-refractivity contribution in [2.24, 2.45) is 11.8 Å². The summed E-state index contributed by atoms with van der Waals surface area (Å²) in [7, 11) is 0. The minimum atomic E-state index is -0.0887. The van der Waals surface area contributed by atoms with Crippen molar-refractivity contribution in [2.75, 3.05) is 0 Å². The molecule has 21 heavy (non-hydrogen) atoms. The summed E-state index contributed by atoms with van der Waals surface area (Å²) in [5, 5.41) is 0.629. The Morgan fingerprint density at radius 1 is 0.952 bits per heavy atom. The standard InChI is InChI=1S/C18H19NO2/c20-16-10-12(11-5-1-2-6-11)9-15-17(16)18(21)13-7-3-4-8-14(13)19-15/h3-4,7-8,11-12H,1-2,5-6,9-10H2,(H,19,21). The average molecular weight is 281 g/mol. The Bertz CT molecular complexity index is 768. The second-order valence-corrected chi connectivity index (χ2v) is 6.49. The highest BCUT2D eigenvalue weighted by atomic mass is 16.1. The molecular weight excluding hydrogens is 262 g/mol. The van der Waals surface area contributed by atoms with Gasteiger partial charge >= 0.3 is 0 Å². The molecule has 2 aromatic rings. The Hall–Kier alpha value is -1.90. The van der Waals surface area contributed by atoms with Gasteiger partial charge in [-0.15, -0.1) is 0 Å². The highest BCUT2D eigenvalue weighted by molar-refractivity contribution is 6.01. The summed E-state index contributed by atoms with van der Waals surface area (Å²) in [4.78, 5) is 28.4. The van der Waals surface area contributed by atoms with Crippen molar-refractivity contribution in [3.05, 3.63) is 45.7 Å². The number of hydrogen-bond acceptors (Lipinski definition) is 2. The van der Waals surface area contributed by atoms with E-state index in [1.165, 1.54) is 25.7 Å². The van der Waals surface area contributed by atoms with Gasteiger partial charge in [-0.3, -0.25) is 9.59 Å². The zero-order valence-corrected chi connectivity index (χ0v) is 12.0. The highest BCUT2D eigenvalue weighted by Crippen LogP contribution is 2.38. The molecule has 1 heterocycles. The number of carbonyl (C=O) groups excluding carboxylic acids is 1. The van der Waals surface area contributed by atoms with E-state index in [0.717, 1.165) is 17.6 Å². The number of aromatic nitrogens is 1. The number of para-hydroxylation sites is 1. The summed E-state index contributed by atoms with van der Waals surface area (Å²) in [5.74, 6) is 1.13. The molecule has 2 aliphatic carbocycles. The van der Waals surface area contributed by atoms with Crippen LogP contribution in [-0.4, -0.2) is 10.8 Å². The SMILES string of the molecule is O=C1CC(C2CCCC2)Cc2[nH]c3ccccc3c(=O)c21. The van der Waals surface area contributed by atoms with Gasteiger partial charge in [-0.05, 0) is 30.4 Å². The third kappa shape index (κ3) is 2.03. The Morgan fingerprint density at radius 2 is 1.71 bits per heavy atom. The third-order valence-corrected chi connectivity index (χ3v) is 5.25. The van der Waals surface area contributed by atoms with Crippen molar-refractivity contribution in [1.82, 2.24) is 4.98 Å². The van der Waals surface area contributed by atoms with E-state index in [2.05, 4.69) is 4.98 Å². The molecule has 1 unspecified atom stereocenters. The van der Waals surface area contributed by atoms with E-state index in [1.54, 1.807) is 6.07 Å². The number of Topliss-reactive ketones (excluding diaryl/α,β-unsaturated/α-hetero) is 1. The van der Waals surface area contributed by atoms with Crippen LogP contribution in [-0.2, 0) is 6.42 Å². The number of ketones is 1. The quantitative estimate of drug-likeness (QED) is 0.870. The fourth-order valence-electron chi connectivity index (χ4n) is 4.17. The summed E-state index contributed by atoms with van der Waals surface area (Å²) in [5.41, 5.74) is 2.05. The van der Waals surface area contributed by atoms with Gasteiger partial charge in [0.15, 0.2) is 11.2 Å². The summed E-state index contributed by atoms with van der Waals surface area (Å²) in [6, 6.07) is 7.48. The predicted octanol–water partition coefficient (Wildman–Crippen LogP) is 3.46. The predicted molar refractivity (Wildman–Crippen MR) is 82.7 cm³/mol. The lowest BCUT2D eigenvalue weighted by Gasteiger charge is -2.28.